The molecule has 0 atom stereocenters. The van der Waals surface area contributed by atoms with Crippen LogP contribution in [0.25, 0.3) is 0 Å². The van der Waals surface area contributed by atoms with Crippen LogP contribution in [0.5, 0.6) is 0 Å². The van der Waals surface area contributed by atoms with Gasteiger partial charge in [0.05, 0.1) is 0 Å². The van der Waals surface area contributed by atoms with Crippen molar-refractivity contribution in [1.29, 1.82) is 0 Å². The summed E-state index contributed by atoms with van der Waals surface area (Å²) in [6, 6.07) is 5.91. The van der Waals surface area contributed by atoms with Crippen molar-refractivity contribution in [3.63, 3.8) is 0 Å². The van der Waals surface area contributed by atoms with Crippen LogP contribution >= 0.6 is 0 Å². The largest absolute Gasteiger partial charge is 0.294 e. The Hall–Kier alpha value is -1.70. The summed E-state index contributed by atoms with van der Waals surface area (Å²) in [6.07, 6.45) is 5.57. The van der Waals surface area contributed by atoms with Crippen LogP contribution in [0.1, 0.15) is 55.6 Å². The zero-order chi connectivity index (χ0) is 13.5. The number of nitrogens with zero attached hydrogens (tertiary/aromatic N) is 1. The molecule has 0 amide bonds. The van der Waals surface area contributed by atoms with Crippen molar-refractivity contribution in [3.8, 4) is 0 Å². The lowest BCUT2D eigenvalue weighted by Crippen LogP contribution is -2.09. The van der Waals surface area contributed by atoms with Crippen molar-refractivity contribution < 1.29 is 4.79 Å². The zero-order valence-corrected chi connectivity index (χ0v) is 11.7. The molecule has 0 unspecified atom stereocenters. The van der Waals surface area contributed by atoms with Gasteiger partial charge in [0.15, 0.2) is 5.78 Å². The lowest BCUT2D eigenvalue weighted by Gasteiger charge is -2.11. The van der Waals surface area contributed by atoms with E-state index in [-0.39, 0.29) is 5.78 Å². The minimum Gasteiger partial charge on any atom is -0.294 e. The molecule has 1 aliphatic rings. The number of hydrogen-bond donors (Lipinski definition) is 0. The SMILES string of the molecule is CC.CCC1=NC=CCc2cccc(C(C)=O)c21. The first-order valence-corrected chi connectivity index (χ1v) is 6.59. The van der Waals surface area contributed by atoms with Gasteiger partial charge < -0.3 is 0 Å². The Bertz CT molecular complexity index is 484. The van der Waals surface area contributed by atoms with Gasteiger partial charge in [0.2, 0.25) is 0 Å². The molecule has 1 heterocycles. The zero-order valence-electron chi connectivity index (χ0n) is 11.7. The molecule has 0 fully saturated rings. The highest BCUT2D eigenvalue weighted by Crippen LogP contribution is 2.21. The molecule has 0 N–H and O–H groups in total. The number of benzene rings is 1. The predicted octanol–water partition coefficient (Wildman–Crippen LogP) is 4.18. The van der Waals surface area contributed by atoms with Gasteiger partial charge in [-0.2, -0.15) is 0 Å². The molecule has 18 heavy (non-hydrogen) atoms. The van der Waals surface area contributed by atoms with Gasteiger partial charge >= 0.3 is 0 Å². The molecular weight excluding hydrogens is 222 g/mol. The van der Waals surface area contributed by atoms with E-state index in [2.05, 4.69) is 18.0 Å². The van der Waals surface area contributed by atoms with Crippen molar-refractivity contribution in [1.82, 2.24) is 0 Å². The smallest absolute Gasteiger partial charge is 0.160 e. The van der Waals surface area contributed by atoms with Crippen LogP contribution < -0.4 is 0 Å². The third kappa shape index (κ3) is 2.95. The van der Waals surface area contributed by atoms with E-state index in [4.69, 9.17) is 0 Å². The van der Waals surface area contributed by atoms with Gasteiger partial charge in [-0.05, 0) is 25.3 Å². The third-order valence-electron chi connectivity index (χ3n) is 2.83. The first-order chi connectivity index (χ1) is 8.74. The molecule has 0 saturated carbocycles. The summed E-state index contributed by atoms with van der Waals surface area (Å²) in [7, 11) is 0. The maximum absolute atomic E-state index is 11.6. The lowest BCUT2D eigenvalue weighted by atomic mass is 9.92. The number of carbonyl (C=O) groups is 1. The van der Waals surface area contributed by atoms with Crippen LogP contribution in [0.2, 0.25) is 0 Å². The van der Waals surface area contributed by atoms with Gasteiger partial charge in [-0.25, -0.2) is 0 Å². The number of aliphatic imine (C=N–C) groups is 1. The Morgan fingerprint density at radius 1 is 1.33 bits per heavy atom. The summed E-state index contributed by atoms with van der Waals surface area (Å²) in [5.41, 5.74) is 4.04. The first kappa shape index (κ1) is 14.4. The third-order valence-corrected chi connectivity index (χ3v) is 2.83. The topological polar surface area (TPSA) is 29.4 Å². The number of rotatable bonds is 2. The monoisotopic (exact) mass is 243 g/mol. The van der Waals surface area contributed by atoms with Gasteiger partial charge in [-0.1, -0.05) is 45.0 Å². The van der Waals surface area contributed by atoms with Crippen molar-refractivity contribution in [2.24, 2.45) is 4.99 Å². The average molecular weight is 243 g/mol. The number of hydrogen-bond acceptors (Lipinski definition) is 2. The Kier molecular flexibility index (Phi) is 5.50. The Balaban J connectivity index is 0.000000771. The minimum atomic E-state index is 0.111. The van der Waals surface area contributed by atoms with Crippen LogP contribution in [0.4, 0.5) is 0 Å². The maximum Gasteiger partial charge on any atom is 0.160 e. The standard InChI is InChI=1S/C14H15NO.C2H6/c1-3-13-14-11(7-5-9-15-13)6-4-8-12(14)10(2)16;1-2/h4-6,8-9H,3,7H2,1-2H3;1-2H3. The van der Waals surface area contributed by atoms with Crippen molar-refractivity contribution >= 4 is 11.5 Å². The van der Waals surface area contributed by atoms with Gasteiger partial charge in [0.1, 0.15) is 0 Å². The molecular formula is C16H21NO. The van der Waals surface area contributed by atoms with E-state index in [9.17, 15) is 4.79 Å². The van der Waals surface area contributed by atoms with E-state index in [1.54, 1.807) is 6.92 Å². The summed E-state index contributed by atoms with van der Waals surface area (Å²) in [4.78, 5) is 16.0. The second-order valence-corrected chi connectivity index (χ2v) is 3.91. The number of allylic oxidation sites excluding steroid dienone is 1. The van der Waals surface area contributed by atoms with Crippen LogP contribution in [0.15, 0.2) is 35.5 Å². The summed E-state index contributed by atoms with van der Waals surface area (Å²) < 4.78 is 0. The number of Topliss-reactive ketones (excluding diaryl/α,β-unsaturated/α-hetero) is 1. The molecule has 0 spiro atoms. The van der Waals surface area contributed by atoms with Crippen LogP contribution in [-0.2, 0) is 6.42 Å². The fraction of sp³-hybridized carbons (Fsp3) is 0.375. The van der Waals surface area contributed by atoms with Gasteiger partial charge in [0, 0.05) is 23.0 Å². The molecule has 0 saturated heterocycles. The fourth-order valence-corrected chi connectivity index (χ4v) is 2.06. The highest BCUT2D eigenvalue weighted by Gasteiger charge is 2.16. The van der Waals surface area contributed by atoms with E-state index in [0.717, 1.165) is 29.7 Å². The summed E-state index contributed by atoms with van der Waals surface area (Å²) in [5.74, 6) is 0.111. The molecule has 96 valence electrons. The second kappa shape index (κ2) is 6.90. The quantitative estimate of drug-likeness (QED) is 0.716. The number of ketones is 1. The molecule has 0 aliphatic carbocycles. The fourth-order valence-electron chi connectivity index (χ4n) is 2.06. The molecule has 2 nitrogen and oxygen atoms in total. The maximum atomic E-state index is 11.6. The Morgan fingerprint density at radius 2 is 2.06 bits per heavy atom. The van der Waals surface area contributed by atoms with Crippen LogP contribution in [-0.4, -0.2) is 11.5 Å². The second-order valence-electron chi connectivity index (χ2n) is 3.91. The molecule has 2 rings (SSSR count). The van der Waals surface area contributed by atoms with Gasteiger partial charge in [-0.3, -0.25) is 9.79 Å². The summed E-state index contributed by atoms with van der Waals surface area (Å²) in [6.45, 7) is 7.68. The summed E-state index contributed by atoms with van der Waals surface area (Å²) in [5, 5.41) is 0. The molecule has 2 heteroatoms. The average Bonchev–Trinajstić information content (AvgIpc) is 2.62. The normalized spacial score (nSPS) is 12.8. The van der Waals surface area contributed by atoms with E-state index in [1.807, 2.05) is 38.3 Å². The Labute approximate surface area is 109 Å². The molecule has 1 aliphatic heterocycles. The van der Waals surface area contributed by atoms with Crippen molar-refractivity contribution in [2.75, 3.05) is 0 Å². The van der Waals surface area contributed by atoms with Gasteiger partial charge in [0.25, 0.3) is 0 Å². The summed E-state index contributed by atoms with van der Waals surface area (Å²) >= 11 is 0. The van der Waals surface area contributed by atoms with Gasteiger partial charge in [-0.15, -0.1) is 0 Å². The molecule has 0 aromatic heterocycles. The van der Waals surface area contributed by atoms with E-state index < -0.39 is 0 Å². The van der Waals surface area contributed by atoms with Crippen LogP contribution in [0, 0.1) is 0 Å². The molecule has 1 aromatic carbocycles. The lowest BCUT2D eigenvalue weighted by molar-refractivity contribution is 0.101. The molecule has 0 bridgehead atoms. The minimum absolute atomic E-state index is 0.111. The van der Waals surface area contributed by atoms with E-state index >= 15 is 0 Å². The van der Waals surface area contributed by atoms with E-state index in [0.29, 0.717) is 0 Å². The first-order valence-electron chi connectivity index (χ1n) is 6.59. The Morgan fingerprint density at radius 3 is 2.67 bits per heavy atom. The highest BCUT2D eigenvalue weighted by atomic mass is 16.1. The molecule has 1 aromatic rings. The van der Waals surface area contributed by atoms with Crippen molar-refractivity contribution in [2.45, 2.75) is 40.5 Å². The van der Waals surface area contributed by atoms with Crippen LogP contribution in [0.3, 0.4) is 0 Å². The number of fused-ring (bicyclic) bond motifs is 1. The highest BCUT2D eigenvalue weighted by molar-refractivity contribution is 6.11. The van der Waals surface area contributed by atoms with E-state index in [1.165, 1.54) is 5.56 Å². The predicted molar refractivity (Wildman–Crippen MR) is 77.5 cm³/mol. The number of carbonyl (C=O) groups excluding carboxylic acids is 1. The molecule has 0 radical (unpaired) electrons. The van der Waals surface area contributed by atoms with Crippen molar-refractivity contribution in [3.05, 3.63) is 47.2 Å².